The number of thioether (sulfide) groups is 1. The van der Waals surface area contributed by atoms with Crippen LogP contribution in [0.4, 0.5) is 5.69 Å². The van der Waals surface area contributed by atoms with Gasteiger partial charge in [0.2, 0.25) is 0 Å². The number of rotatable bonds is 4. The highest BCUT2D eigenvalue weighted by Crippen LogP contribution is 2.30. The summed E-state index contributed by atoms with van der Waals surface area (Å²) in [6.45, 7) is 2.52. The molecular weight excluding hydrogens is 410 g/mol. The maximum atomic E-state index is 13.4. The lowest BCUT2D eigenvalue weighted by Crippen LogP contribution is -2.43. The molecule has 0 bridgehead atoms. The number of carbonyl (C=O) groups is 1. The molecule has 158 valence electrons. The lowest BCUT2D eigenvalue weighted by molar-refractivity contribution is -0.112. The Kier molecular flexibility index (Phi) is 5.33. The van der Waals surface area contributed by atoms with Crippen LogP contribution in [0.5, 0.6) is 0 Å². The Bertz CT molecular complexity index is 1250. The SMILES string of the molecule is CSc1nc2ccccc2c(=O)n1/N=C1\C(=O)N(CN2CCCCC2)c2ccccc21. The van der Waals surface area contributed by atoms with Crippen molar-refractivity contribution >= 4 is 40.0 Å². The number of carbonyl (C=O) groups excluding carboxylic acids is 1. The number of piperidine rings is 1. The fourth-order valence-electron chi connectivity index (χ4n) is 4.22. The molecule has 0 radical (unpaired) electrons. The van der Waals surface area contributed by atoms with Gasteiger partial charge in [-0.2, -0.15) is 9.78 Å². The molecule has 7 nitrogen and oxygen atoms in total. The molecule has 0 unspecified atom stereocenters. The van der Waals surface area contributed by atoms with E-state index in [2.05, 4.69) is 15.0 Å². The minimum Gasteiger partial charge on any atom is -0.293 e. The summed E-state index contributed by atoms with van der Waals surface area (Å²) >= 11 is 1.33. The van der Waals surface area contributed by atoms with Crippen LogP contribution in [0.15, 0.2) is 63.6 Å². The van der Waals surface area contributed by atoms with Crippen LogP contribution in [-0.4, -0.2) is 52.2 Å². The predicted molar refractivity (Wildman–Crippen MR) is 124 cm³/mol. The fraction of sp³-hybridized carbons (Fsp3) is 0.304. The Balaban J connectivity index is 1.61. The highest BCUT2D eigenvalue weighted by atomic mass is 32.2. The summed E-state index contributed by atoms with van der Waals surface area (Å²) in [6.07, 6.45) is 5.39. The van der Waals surface area contributed by atoms with Crippen molar-refractivity contribution in [2.75, 3.05) is 30.9 Å². The van der Waals surface area contributed by atoms with Crippen LogP contribution < -0.4 is 10.5 Å². The van der Waals surface area contributed by atoms with E-state index in [1.54, 1.807) is 17.0 Å². The van der Waals surface area contributed by atoms with E-state index in [1.807, 2.05) is 42.7 Å². The molecule has 0 N–H and O–H groups in total. The van der Waals surface area contributed by atoms with Crippen LogP contribution in [-0.2, 0) is 4.79 Å². The molecular formula is C23H23N5O2S. The van der Waals surface area contributed by atoms with Gasteiger partial charge in [-0.1, -0.05) is 48.5 Å². The quantitative estimate of drug-likeness (QED) is 0.467. The first-order valence-electron chi connectivity index (χ1n) is 10.5. The van der Waals surface area contributed by atoms with E-state index in [9.17, 15) is 9.59 Å². The Hall–Kier alpha value is -2.97. The van der Waals surface area contributed by atoms with Crippen molar-refractivity contribution in [1.82, 2.24) is 14.6 Å². The van der Waals surface area contributed by atoms with Crippen LogP contribution in [0.2, 0.25) is 0 Å². The zero-order valence-corrected chi connectivity index (χ0v) is 18.1. The van der Waals surface area contributed by atoms with Gasteiger partial charge in [0.05, 0.1) is 23.3 Å². The normalized spacial score (nSPS) is 18.2. The minimum absolute atomic E-state index is 0.182. The Morgan fingerprint density at radius 3 is 2.55 bits per heavy atom. The maximum absolute atomic E-state index is 13.4. The van der Waals surface area contributed by atoms with Gasteiger partial charge < -0.3 is 0 Å². The van der Waals surface area contributed by atoms with E-state index < -0.39 is 0 Å². The number of benzene rings is 2. The van der Waals surface area contributed by atoms with Crippen molar-refractivity contribution in [3.8, 4) is 0 Å². The van der Waals surface area contributed by atoms with Gasteiger partial charge in [-0.3, -0.25) is 19.4 Å². The molecule has 3 heterocycles. The molecule has 31 heavy (non-hydrogen) atoms. The van der Waals surface area contributed by atoms with Crippen LogP contribution in [0.1, 0.15) is 24.8 Å². The fourth-order valence-corrected chi connectivity index (χ4v) is 4.71. The smallest absolute Gasteiger partial charge is 0.282 e. The third kappa shape index (κ3) is 3.55. The van der Waals surface area contributed by atoms with Crippen molar-refractivity contribution in [3.63, 3.8) is 0 Å². The number of para-hydroxylation sites is 2. The van der Waals surface area contributed by atoms with Gasteiger partial charge >= 0.3 is 0 Å². The van der Waals surface area contributed by atoms with Gasteiger partial charge in [-0.25, -0.2) is 4.98 Å². The standard InChI is InChI=1S/C23H23N5O2S/c1-31-23-24-18-11-5-3-9-16(18)21(29)28(23)25-20-17-10-4-6-12-19(17)27(22(20)30)15-26-13-7-2-8-14-26/h3-6,9-12H,2,7-8,13-15H2,1H3/b25-20-. The molecule has 0 atom stereocenters. The zero-order valence-electron chi connectivity index (χ0n) is 17.3. The predicted octanol–water partition coefficient (Wildman–Crippen LogP) is 3.16. The molecule has 1 aromatic heterocycles. The van der Waals surface area contributed by atoms with Crippen LogP contribution in [0.25, 0.3) is 10.9 Å². The Labute approximate surface area is 184 Å². The second kappa shape index (κ2) is 8.28. The average molecular weight is 434 g/mol. The summed E-state index contributed by atoms with van der Waals surface area (Å²) in [5.41, 5.74) is 2.21. The molecule has 8 heteroatoms. The van der Waals surface area contributed by atoms with E-state index in [1.165, 1.54) is 22.9 Å². The first kappa shape index (κ1) is 20.0. The molecule has 0 aliphatic carbocycles. The highest BCUT2D eigenvalue weighted by molar-refractivity contribution is 7.98. The zero-order chi connectivity index (χ0) is 21.4. The van der Waals surface area contributed by atoms with E-state index in [-0.39, 0.29) is 17.2 Å². The van der Waals surface area contributed by atoms with Gasteiger partial charge in [0, 0.05) is 5.56 Å². The molecule has 2 aromatic carbocycles. The number of fused-ring (bicyclic) bond motifs is 2. The second-order valence-electron chi connectivity index (χ2n) is 7.75. The third-order valence-electron chi connectivity index (χ3n) is 5.79. The number of likely N-dealkylation sites (tertiary alicyclic amines) is 1. The molecule has 1 amide bonds. The number of hydrogen-bond donors (Lipinski definition) is 0. The first-order chi connectivity index (χ1) is 15.2. The monoisotopic (exact) mass is 433 g/mol. The van der Waals surface area contributed by atoms with Gasteiger partial charge in [0.15, 0.2) is 10.9 Å². The van der Waals surface area contributed by atoms with Crippen molar-refractivity contribution in [1.29, 1.82) is 0 Å². The minimum atomic E-state index is -0.276. The summed E-state index contributed by atoms with van der Waals surface area (Å²) in [5.74, 6) is -0.182. The second-order valence-corrected chi connectivity index (χ2v) is 8.53. The molecule has 1 fully saturated rings. The van der Waals surface area contributed by atoms with Gasteiger partial charge in [-0.15, -0.1) is 0 Å². The molecule has 3 aromatic rings. The van der Waals surface area contributed by atoms with Crippen LogP contribution in [0.3, 0.4) is 0 Å². The molecule has 2 aliphatic heterocycles. The van der Waals surface area contributed by atoms with Crippen molar-refractivity contribution in [2.45, 2.75) is 24.4 Å². The Morgan fingerprint density at radius 1 is 1.00 bits per heavy atom. The van der Waals surface area contributed by atoms with E-state index in [4.69, 9.17) is 0 Å². The molecule has 1 saturated heterocycles. The third-order valence-corrected chi connectivity index (χ3v) is 6.42. The van der Waals surface area contributed by atoms with Crippen LogP contribution >= 0.6 is 11.8 Å². The molecule has 0 spiro atoms. The van der Waals surface area contributed by atoms with Gasteiger partial charge in [0.1, 0.15) is 0 Å². The largest absolute Gasteiger partial charge is 0.293 e. The van der Waals surface area contributed by atoms with E-state index in [0.717, 1.165) is 37.2 Å². The van der Waals surface area contributed by atoms with Crippen molar-refractivity contribution in [2.24, 2.45) is 5.10 Å². The highest BCUT2D eigenvalue weighted by Gasteiger charge is 2.35. The summed E-state index contributed by atoms with van der Waals surface area (Å²) in [7, 11) is 0. The number of hydrogen-bond acceptors (Lipinski definition) is 6. The first-order valence-corrected chi connectivity index (χ1v) is 11.7. The molecule has 5 rings (SSSR count). The van der Waals surface area contributed by atoms with Gasteiger partial charge in [-0.05, 0) is 50.4 Å². The average Bonchev–Trinajstić information content (AvgIpc) is 3.07. The number of amides is 1. The molecule has 2 aliphatic rings. The number of nitrogens with zero attached hydrogens (tertiary/aromatic N) is 5. The maximum Gasteiger partial charge on any atom is 0.282 e. The molecule has 0 saturated carbocycles. The summed E-state index contributed by atoms with van der Waals surface area (Å²) in [4.78, 5) is 35.3. The summed E-state index contributed by atoms with van der Waals surface area (Å²) in [5, 5.41) is 5.51. The van der Waals surface area contributed by atoms with Crippen LogP contribution in [0, 0.1) is 0 Å². The Morgan fingerprint density at radius 2 is 1.74 bits per heavy atom. The van der Waals surface area contributed by atoms with Crippen molar-refractivity contribution < 1.29 is 4.79 Å². The summed E-state index contributed by atoms with van der Waals surface area (Å²) < 4.78 is 1.27. The number of aromatic nitrogens is 2. The van der Waals surface area contributed by atoms with Crippen molar-refractivity contribution in [3.05, 3.63) is 64.4 Å². The lowest BCUT2D eigenvalue weighted by Gasteiger charge is -2.30. The lowest BCUT2D eigenvalue weighted by atomic mass is 10.1. The van der Waals surface area contributed by atoms with E-state index in [0.29, 0.717) is 22.7 Å². The topological polar surface area (TPSA) is 70.8 Å². The van der Waals surface area contributed by atoms with E-state index >= 15 is 0 Å². The summed E-state index contributed by atoms with van der Waals surface area (Å²) in [6, 6.07) is 14.8. The number of anilines is 1. The van der Waals surface area contributed by atoms with Gasteiger partial charge in [0.25, 0.3) is 11.5 Å².